The van der Waals surface area contributed by atoms with Gasteiger partial charge in [0, 0.05) is 57.4 Å². The maximum absolute atomic E-state index is 13.6. The van der Waals surface area contributed by atoms with Crippen molar-refractivity contribution in [2.24, 2.45) is 0 Å². The highest BCUT2D eigenvalue weighted by Crippen LogP contribution is 2.37. The summed E-state index contributed by atoms with van der Waals surface area (Å²) < 4.78 is 86.2. The molecule has 1 amide bonds. The number of hydrogen-bond donors (Lipinski definition) is 0. The molecule has 2 aromatic rings. The van der Waals surface area contributed by atoms with Gasteiger partial charge in [0.25, 0.3) is 5.91 Å². The minimum atomic E-state index is -5.03. The number of carbonyl (C=O) groups excluding carboxylic acids is 1. The predicted molar refractivity (Wildman–Crippen MR) is 158 cm³/mol. The van der Waals surface area contributed by atoms with E-state index in [1.165, 1.54) is 4.90 Å². The molecule has 0 radical (unpaired) electrons. The number of rotatable bonds is 7. The van der Waals surface area contributed by atoms with Crippen LogP contribution in [0, 0.1) is 13.8 Å². The molecule has 4 rings (SSSR count). The fraction of sp³-hybridized carbons (Fsp3) is 0.500. The Balaban J connectivity index is 0.00000323. The third-order valence-corrected chi connectivity index (χ3v) is 7.70. The van der Waals surface area contributed by atoms with E-state index in [0.29, 0.717) is 51.4 Å². The van der Waals surface area contributed by atoms with Crippen molar-refractivity contribution in [3.05, 3.63) is 81.9 Å². The molecule has 1 atom stereocenters. The van der Waals surface area contributed by atoms with Crippen LogP contribution in [0.2, 0.25) is 0 Å². The molecule has 2 aliphatic heterocycles. The first-order valence-electron chi connectivity index (χ1n) is 13.7. The second kappa shape index (κ2) is 15.6. The van der Waals surface area contributed by atoms with Gasteiger partial charge < -0.3 is 9.64 Å². The van der Waals surface area contributed by atoms with E-state index in [2.05, 4.69) is 22.0 Å². The SMILES string of the molecule is Cc1ccc(C[C@@H]2CN(CC=CCN3CCOCC3)CCN2C(=O)c2cc(C(F)(F)F)cc(C(F)(F)F)c2)cc1C.Cl.Cl. The number of piperazine rings is 1. The molecule has 5 nitrogen and oxygen atoms in total. The maximum Gasteiger partial charge on any atom is 0.416 e. The normalized spacial score (nSPS) is 18.8. The third kappa shape index (κ3) is 10.1. The lowest BCUT2D eigenvalue weighted by Gasteiger charge is -2.41. The van der Waals surface area contributed by atoms with E-state index < -0.39 is 41.0 Å². The summed E-state index contributed by atoms with van der Waals surface area (Å²) in [6.45, 7) is 9.59. The molecule has 43 heavy (non-hydrogen) atoms. The lowest BCUT2D eigenvalue weighted by Crippen LogP contribution is -2.56. The molecule has 240 valence electrons. The Labute approximate surface area is 260 Å². The van der Waals surface area contributed by atoms with E-state index in [9.17, 15) is 31.1 Å². The molecular formula is C30H37Cl2F6N3O2. The Morgan fingerprint density at radius 1 is 0.814 bits per heavy atom. The van der Waals surface area contributed by atoms with Crippen molar-refractivity contribution in [2.75, 3.05) is 59.0 Å². The predicted octanol–water partition coefficient (Wildman–Crippen LogP) is 6.44. The molecule has 2 saturated heterocycles. The van der Waals surface area contributed by atoms with Gasteiger partial charge in [-0.25, -0.2) is 0 Å². The van der Waals surface area contributed by atoms with Gasteiger partial charge in [-0.3, -0.25) is 14.6 Å². The monoisotopic (exact) mass is 655 g/mol. The first kappa shape index (κ1) is 36.9. The van der Waals surface area contributed by atoms with Gasteiger partial charge in [-0.05, 0) is 55.2 Å². The Kier molecular flexibility index (Phi) is 13.4. The summed E-state index contributed by atoms with van der Waals surface area (Å²) in [5.74, 6) is -0.835. The zero-order valence-electron chi connectivity index (χ0n) is 24.0. The minimum absolute atomic E-state index is 0. The number of alkyl halides is 6. The standard InChI is InChI=1S/C30H35F6N3O2.2ClH/c1-21-5-6-23(15-22(21)2)16-27-20-38(8-4-3-7-37-11-13-41-14-12-37)9-10-39(27)28(40)24-17-25(29(31,32)33)19-26(18-24)30(34,35)36;;/h3-6,15,17-19,27H,7-14,16,20H2,1-2H3;2*1H/t27-;;/m1../s1. The molecule has 0 spiro atoms. The smallest absolute Gasteiger partial charge is 0.379 e. The number of ether oxygens (including phenoxy) is 1. The number of morpholine rings is 1. The van der Waals surface area contributed by atoms with Crippen LogP contribution in [0.5, 0.6) is 0 Å². The van der Waals surface area contributed by atoms with Crippen LogP contribution in [-0.4, -0.2) is 85.7 Å². The zero-order chi connectivity index (χ0) is 29.8. The summed E-state index contributed by atoms with van der Waals surface area (Å²) in [5.41, 5.74) is -0.500. The fourth-order valence-electron chi connectivity index (χ4n) is 5.21. The van der Waals surface area contributed by atoms with Crippen LogP contribution in [0.25, 0.3) is 0 Å². The summed E-state index contributed by atoms with van der Waals surface area (Å²) in [6.07, 6.45) is -5.49. The molecule has 0 unspecified atom stereocenters. The van der Waals surface area contributed by atoms with Crippen LogP contribution in [0.3, 0.4) is 0 Å². The molecule has 0 saturated carbocycles. The molecule has 13 heteroatoms. The van der Waals surface area contributed by atoms with Gasteiger partial charge >= 0.3 is 12.4 Å². The Morgan fingerprint density at radius 2 is 1.40 bits per heavy atom. The van der Waals surface area contributed by atoms with Crippen LogP contribution < -0.4 is 0 Å². The van der Waals surface area contributed by atoms with Gasteiger partial charge in [-0.2, -0.15) is 26.3 Å². The number of nitrogens with zero attached hydrogens (tertiary/aromatic N) is 3. The average molecular weight is 657 g/mol. The van der Waals surface area contributed by atoms with E-state index in [1.54, 1.807) is 0 Å². The Hall–Kier alpha value is -2.31. The summed E-state index contributed by atoms with van der Waals surface area (Å²) in [7, 11) is 0. The highest BCUT2D eigenvalue weighted by Gasteiger charge is 2.39. The molecule has 2 aromatic carbocycles. The molecule has 2 aliphatic rings. The quantitative estimate of drug-likeness (QED) is 0.254. The number of aryl methyl sites for hydroxylation is 2. The van der Waals surface area contributed by atoms with Crippen molar-refractivity contribution in [3.8, 4) is 0 Å². The van der Waals surface area contributed by atoms with Crippen molar-refractivity contribution >= 4 is 30.7 Å². The van der Waals surface area contributed by atoms with Gasteiger partial charge in [0.15, 0.2) is 0 Å². The van der Waals surface area contributed by atoms with Gasteiger partial charge in [0.05, 0.1) is 24.3 Å². The van der Waals surface area contributed by atoms with E-state index in [1.807, 2.05) is 32.0 Å². The highest BCUT2D eigenvalue weighted by molar-refractivity contribution is 5.95. The van der Waals surface area contributed by atoms with Crippen LogP contribution in [0.1, 0.15) is 38.2 Å². The molecule has 0 N–H and O–H groups in total. The van der Waals surface area contributed by atoms with Crippen molar-refractivity contribution < 1.29 is 35.9 Å². The minimum Gasteiger partial charge on any atom is -0.379 e. The van der Waals surface area contributed by atoms with E-state index in [-0.39, 0.29) is 37.4 Å². The van der Waals surface area contributed by atoms with Crippen LogP contribution in [-0.2, 0) is 23.5 Å². The zero-order valence-corrected chi connectivity index (χ0v) is 25.6. The number of halogens is 8. The molecular weight excluding hydrogens is 619 g/mol. The van der Waals surface area contributed by atoms with Gasteiger partial charge in [-0.15, -0.1) is 24.8 Å². The summed E-state index contributed by atoms with van der Waals surface area (Å²) in [6, 6.07) is 6.56. The first-order valence-corrected chi connectivity index (χ1v) is 13.7. The fourth-order valence-corrected chi connectivity index (χ4v) is 5.21. The lowest BCUT2D eigenvalue weighted by molar-refractivity contribution is -0.143. The first-order chi connectivity index (χ1) is 19.3. The van der Waals surface area contributed by atoms with Crippen molar-refractivity contribution in [1.82, 2.24) is 14.7 Å². The Morgan fingerprint density at radius 3 is 1.95 bits per heavy atom. The van der Waals surface area contributed by atoms with Gasteiger partial charge in [0.1, 0.15) is 0 Å². The number of benzene rings is 2. The molecule has 2 fully saturated rings. The van der Waals surface area contributed by atoms with Crippen molar-refractivity contribution in [1.29, 1.82) is 0 Å². The van der Waals surface area contributed by atoms with Gasteiger partial charge in [0.2, 0.25) is 0 Å². The maximum atomic E-state index is 13.6. The Bertz CT molecular complexity index is 1220. The number of carbonyl (C=O) groups is 1. The molecule has 0 bridgehead atoms. The van der Waals surface area contributed by atoms with Gasteiger partial charge in [-0.1, -0.05) is 30.4 Å². The summed E-state index contributed by atoms with van der Waals surface area (Å²) in [5, 5.41) is 0. The van der Waals surface area contributed by atoms with Crippen molar-refractivity contribution in [3.63, 3.8) is 0 Å². The van der Waals surface area contributed by atoms with E-state index in [0.717, 1.165) is 36.3 Å². The lowest BCUT2D eigenvalue weighted by atomic mass is 9.97. The average Bonchev–Trinajstić information content (AvgIpc) is 2.92. The largest absolute Gasteiger partial charge is 0.416 e. The van der Waals surface area contributed by atoms with E-state index >= 15 is 0 Å². The number of amides is 1. The van der Waals surface area contributed by atoms with E-state index in [4.69, 9.17) is 4.74 Å². The highest BCUT2D eigenvalue weighted by atomic mass is 35.5. The summed E-state index contributed by atoms with van der Waals surface area (Å²) in [4.78, 5) is 19.4. The van der Waals surface area contributed by atoms with Crippen LogP contribution in [0.15, 0.2) is 48.6 Å². The van der Waals surface area contributed by atoms with Crippen LogP contribution in [0.4, 0.5) is 26.3 Å². The second-order valence-electron chi connectivity index (χ2n) is 10.7. The van der Waals surface area contributed by atoms with Crippen LogP contribution >= 0.6 is 24.8 Å². The second-order valence-corrected chi connectivity index (χ2v) is 10.7. The van der Waals surface area contributed by atoms with Crippen molar-refractivity contribution in [2.45, 2.75) is 38.7 Å². The number of hydrogen-bond acceptors (Lipinski definition) is 4. The third-order valence-electron chi connectivity index (χ3n) is 7.70. The molecule has 0 aliphatic carbocycles. The summed E-state index contributed by atoms with van der Waals surface area (Å²) >= 11 is 0. The molecule has 2 heterocycles. The molecule has 0 aromatic heterocycles. The topological polar surface area (TPSA) is 36.0 Å².